The van der Waals surface area contributed by atoms with Crippen LogP contribution in [-0.2, 0) is 0 Å². The number of hydrogen-bond acceptors (Lipinski definition) is 4. The first-order chi connectivity index (χ1) is 9.54. The lowest BCUT2D eigenvalue weighted by Crippen LogP contribution is -2.32. The second-order valence-electron chi connectivity index (χ2n) is 4.44. The molecular formula is C13H19N3O4. The van der Waals surface area contributed by atoms with Crippen molar-refractivity contribution < 1.29 is 14.8 Å². The Bertz CT molecular complexity index is 465. The molecular weight excluding hydrogens is 262 g/mol. The van der Waals surface area contributed by atoms with Gasteiger partial charge in [0.15, 0.2) is 0 Å². The molecule has 0 aromatic heterocycles. The van der Waals surface area contributed by atoms with Crippen LogP contribution in [0.2, 0.25) is 0 Å². The number of hydrogen-bond donors (Lipinski definition) is 2. The summed E-state index contributed by atoms with van der Waals surface area (Å²) >= 11 is 0. The minimum Gasteiger partial charge on any atom is -0.396 e. The average Bonchev–Trinajstić information content (AvgIpc) is 2.43. The van der Waals surface area contributed by atoms with E-state index in [1.54, 1.807) is 13.1 Å². The van der Waals surface area contributed by atoms with E-state index in [1.807, 2.05) is 0 Å². The molecule has 0 heterocycles. The van der Waals surface area contributed by atoms with E-state index in [2.05, 4.69) is 5.32 Å². The second-order valence-corrected chi connectivity index (χ2v) is 4.44. The van der Waals surface area contributed by atoms with E-state index in [-0.39, 0.29) is 18.3 Å². The van der Waals surface area contributed by atoms with Gasteiger partial charge in [-0.25, -0.2) is 4.79 Å². The van der Waals surface area contributed by atoms with E-state index >= 15 is 0 Å². The molecule has 110 valence electrons. The molecule has 0 saturated heterocycles. The number of nitro groups is 1. The van der Waals surface area contributed by atoms with Crippen LogP contribution in [0, 0.1) is 10.1 Å². The summed E-state index contributed by atoms with van der Waals surface area (Å²) in [5, 5.41) is 21.9. The van der Waals surface area contributed by atoms with E-state index in [0.717, 1.165) is 19.3 Å². The summed E-state index contributed by atoms with van der Waals surface area (Å²) < 4.78 is 0. The number of benzene rings is 1. The fourth-order valence-corrected chi connectivity index (χ4v) is 1.66. The minimum atomic E-state index is -0.506. The lowest BCUT2D eigenvalue weighted by atomic mass is 10.2. The molecule has 20 heavy (non-hydrogen) atoms. The Balaban J connectivity index is 2.48. The van der Waals surface area contributed by atoms with Gasteiger partial charge in [0, 0.05) is 38.0 Å². The third kappa shape index (κ3) is 5.23. The first kappa shape index (κ1) is 15.9. The van der Waals surface area contributed by atoms with E-state index < -0.39 is 4.92 Å². The zero-order chi connectivity index (χ0) is 15.0. The SMILES string of the molecule is CN(CCCCCO)C(=O)Nc1cccc([N+](=O)[O-])c1. The highest BCUT2D eigenvalue weighted by atomic mass is 16.6. The van der Waals surface area contributed by atoms with Crippen LogP contribution in [0.1, 0.15) is 19.3 Å². The van der Waals surface area contributed by atoms with E-state index in [0.29, 0.717) is 12.2 Å². The maximum absolute atomic E-state index is 11.9. The van der Waals surface area contributed by atoms with Gasteiger partial charge in [0.2, 0.25) is 0 Å². The predicted molar refractivity (Wildman–Crippen MR) is 75.7 cm³/mol. The second kappa shape index (κ2) is 8.11. The van der Waals surface area contributed by atoms with Gasteiger partial charge in [0.1, 0.15) is 0 Å². The maximum atomic E-state index is 11.9. The Hall–Kier alpha value is -2.15. The number of non-ortho nitro benzene ring substituents is 1. The molecule has 2 amide bonds. The fraction of sp³-hybridized carbons (Fsp3) is 0.462. The summed E-state index contributed by atoms with van der Waals surface area (Å²) in [6.07, 6.45) is 2.38. The topological polar surface area (TPSA) is 95.7 Å². The quantitative estimate of drug-likeness (QED) is 0.455. The number of rotatable bonds is 7. The van der Waals surface area contributed by atoms with Gasteiger partial charge in [-0.15, -0.1) is 0 Å². The van der Waals surface area contributed by atoms with Crippen molar-refractivity contribution in [1.29, 1.82) is 0 Å². The van der Waals surface area contributed by atoms with Crippen LogP contribution in [0.25, 0.3) is 0 Å². The third-order valence-electron chi connectivity index (χ3n) is 2.81. The van der Waals surface area contributed by atoms with Gasteiger partial charge >= 0.3 is 6.03 Å². The van der Waals surface area contributed by atoms with Crippen LogP contribution in [0.15, 0.2) is 24.3 Å². The van der Waals surface area contributed by atoms with Crippen LogP contribution in [-0.4, -0.2) is 41.2 Å². The Kier molecular flexibility index (Phi) is 6.45. The average molecular weight is 281 g/mol. The van der Waals surface area contributed by atoms with Crippen molar-refractivity contribution in [3.8, 4) is 0 Å². The highest BCUT2D eigenvalue weighted by molar-refractivity contribution is 5.89. The van der Waals surface area contributed by atoms with E-state index in [1.165, 1.54) is 23.1 Å². The molecule has 1 aromatic carbocycles. The van der Waals surface area contributed by atoms with Gasteiger partial charge in [-0.1, -0.05) is 6.07 Å². The first-order valence-electron chi connectivity index (χ1n) is 6.42. The first-order valence-corrected chi connectivity index (χ1v) is 6.42. The molecule has 0 aliphatic carbocycles. The standard InChI is InChI=1S/C13H19N3O4/c1-15(8-3-2-4-9-17)13(18)14-11-6-5-7-12(10-11)16(19)20/h5-7,10,17H,2-4,8-9H2,1H3,(H,14,18). The van der Waals surface area contributed by atoms with Crippen molar-refractivity contribution in [2.75, 3.05) is 25.5 Å². The van der Waals surface area contributed by atoms with Crippen molar-refractivity contribution in [2.45, 2.75) is 19.3 Å². The van der Waals surface area contributed by atoms with Crippen molar-refractivity contribution in [3.63, 3.8) is 0 Å². The molecule has 2 N–H and O–H groups in total. The molecule has 0 spiro atoms. The van der Waals surface area contributed by atoms with Crippen LogP contribution in [0.5, 0.6) is 0 Å². The van der Waals surface area contributed by atoms with Gasteiger partial charge in [0.05, 0.1) is 4.92 Å². The molecule has 0 unspecified atom stereocenters. The highest BCUT2D eigenvalue weighted by Gasteiger charge is 2.11. The number of nitrogens with one attached hydrogen (secondary N) is 1. The Labute approximate surface area is 117 Å². The van der Waals surface area contributed by atoms with Crippen LogP contribution in [0.4, 0.5) is 16.2 Å². The van der Waals surface area contributed by atoms with Gasteiger partial charge in [-0.2, -0.15) is 0 Å². The lowest BCUT2D eigenvalue weighted by molar-refractivity contribution is -0.384. The number of unbranched alkanes of at least 4 members (excludes halogenated alkanes) is 2. The molecule has 0 aliphatic heterocycles. The number of carbonyl (C=O) groups excluding carboxylic acids is 1. The van der Waals surface area contributed by atoms with E-state index in [9.17, 15) is 14.9 Å². The molecule has 1 rings (SSSR count). The monoisotopic (exact) mass is 281 g/mol. The zero-order valence-electron chi connectivity index (χ0n) is 11.4. The molecule has 0 fully saturated rings. The van der Waals surface area contributed by atoms with Gasteiger partial charge in [-0.05, 0) is 25.3 Å². The smallest absolute Gasteiger partial charge is 0.321 e. The predicted octanol–water partition coefficient (Wildman–Crippen LogP) is 2.22. The van der Waals surface area contributed by atoms with Crippen LogP contribution >= 0.6 is 0 Å². The van der Waals surface area contributed by atoms with Crippen molar-refractivity contribution >= 4 is 17.4 Å². The fourth-order valence-electron chi connectivity index (χ4n) is 1.66. The number of amides is 2. The normalized spacial score (nSPS) is 10.1. The summed E-state index contributed by atoms with van der Waals surface area (Å²) in [5.74, 6) is 0. The third-order valence-corrected chi connectivity index (χ3v) is 2.81. The van der Waals surface area contributed by atoms with Crippen molar-refractivity contribution in [3.05, 3.63) is 34.4 Å². The molecule has 0 radical (unpaired) electrons. The molecule has 7 nitrogen and oxygen atoms in total. The van der Waals surface area contributed by atoms with Gasteiger partial charge in [-0.3, -0.25) is 10.1 Å². The number of nitrogens with zero attached hydrogens (tertiary/aromatic N) is 2. The minimum absolute atomic E-state index is 0.0617. The Morgan fingerprint density at radius 2 is 2.15 bits per heavy atom. The number of anilines is 1. The van der Waals surface area contributed by atoms with E-state index in [4.69, 9.17) is 5.11 Å². The number of aliphatic hydroxyl groups is 1. The van der Waals surface area contributed by atoms with Crippen molar-refractivity contribution in [2.24, 2.45) is 0 Å². The molecule has 0 aliphatic rings. The molecule has 1 aromatic rings. The maximum Gasteiger partial charge on any atom is 0.321 e. The van der Waals surface area contributed by atoms with Gasteiger partial charge in [0.25, 0.3) is 5.69 Å². The Morgan fingerprint density at radius 3 is 2.80 bits per heavy atom. The summed E-state index contributed by atoms with van der Waals surface area (Å²) in [6.45, 7) is 0.727. The molecule has 0 bridgehead atoms. The van der Waals surface area contributed by atoms with Crippen LogP contribution in [0.3, 0.4) is 0 Å². The molecule has 0 saturated carbocycles. The highest BCUT2D eigenvalue weighted by Crippen LogP contribution is 2.17. The summed E-state index contributed by atoms with van der Waals surface area (Å²) in [4.78, 5) is 23.5. The lowest BCUT2D eigenvalue weighted by Gasteiger charge is -2.17. The number of aliphatic hydroxyl groups excluding tert-OH is 1. The van der Waals surface area contributed by atoms with Crippen molar-refractivity contribution in [1.82, 2.24) is 4.90 Å². The largest absolute Gasteiger partial charge is 0.396 e. The summed E-state index contributed by atoms with van der Waals surface area (Å²) in [6, 6.07) is 5.50. The zero-order valence-corrected chi connectivity index (χ0v) is 11.4. The number of nitro benzene ring substituents is 1. The summed E-state index contributed by atoms with van der Waals surface area (Å²) in [7, 11) is 1.66. The Morgan fingerprint density at radius 1 is 1.40 bits per heavy atom. The number of urea groups is 1. The van der Waals surface area contributed by atoms with Crippen LogP contribution < -0.4 is 5.32 Å². The van der Waals surface area contributed by atoms with Gasteiger partial charge < -0.3 is 15.3 Å². The summed E-state index contributed by atoms with van der Waals surface area (Å²) in [5.41, 5.74) is 0.333. The molecule has 7 heteroatoms. The molecule has 0 atom stereocenters. The number of carbonyl (C=O) groups is 1.